The Labute approximate surface area is 316 Å². The number of nitrogens with zero attached hydrogens (tertiary/aromatic N) is 2. The zero-order valence-electron chi connectivity index (χ0n) is 29.9. The third-order valence-electron chi connectivity index (χ3n) is 10.8. The van der Waals surface area contributed by atoms with Gasteiger partial charge in [-0.25, -0.2) is 0 Å². The van der Waals surface area contributed by atoms with Gasteiger partial charge in [-0.15, -0.1) is 0 Å². The lowest BCUT2D eigenvalue weighted by molar-refractivity contribution is 0.980. The zero-order chi connectivity index (χ0) is 35.8. The van der Waals surface area contributed by atoms with E-state index in [1.54, 1.807) is 0 Å². The minimum absolute atomic E-state index is 1.01. The molecule has 1 aliphatic carbocycles. The van der Waals surface area contributed by atoms with E-state index in [2.05, 4.69) is 216 Å². The van der Waals surface area contributed by atoms with Crippen molar-refractivity contribution < 1.29 is 0 Å². The zero-order valence-corrected chi connectivity index (χ0v) is 29.9. The van der Waals surface area contributed by atoms with Crippen LogP contribution in [-0.2, 0) is 0 Å². The molecule has 0 saturated carbocycles. The van der Waals surface area contributed by atoms with Crippen LogP contribution in [0.25, 0.3) is 71.7 Å². The molecule has 54 heavy (non-hydrogen) atoms. The molecule has 0 radical (unpaired) electrons. The van der Waals surface area contributed by atoms with Gasteiger partial charge in [-0.2, -0.15) is 0 Å². The number of fused-ring (bicyclic) bond motifs is 5. The molecule has 0 N–H and O–H groups in total. The van der Waals surface area contributed by atoms with Gasteiger partial charge in [0.25, 0.3) is 0 Å². The van der Waals surface area contributed by atoms with Crippen LogP contribution in [0.1, 0.15) is 12.8 Å². The molecule has 2 nitrogen and oxygen atoms in total. The van der Waals surface area contributed by atoms with Gasteiger partial charge in [0.05, 0.1) is 11.0 Å². The highest BCUT2D eigenvalue weighted by atomic mass is 15.1. The van der Waals surface area contributed by atoms with Gasteiger partial charge in [0.1, 0.15) is 0 Å². The number of para-hydroxylation sites is 1. The smallest absolute Gasteiger partial charge is 0.0622 e. The fourth-order valence-corrected chi connectivity index (χ4v) is 8.26. The summed E-state index contributed by atoms with van der Waals surface area (Å²) in [5.41, 5.74) is 14.4. The summed E-state index contributed by atoms with van der Waals surface area (Å²) in [7, 11) is 0. The molecule has 9 aromatic rings. The van der Waals surface area contributed by atoms with E-state index in [1.807, 2.05) is 0 Å². The number of hydrogen-bond acceptors (Lipinski definition) is 1. The van der Waals surface area contributed by atoms with Crippen molar-refractivity contribution in [3.63, 3.8) is 0 Å². The summed E-state index contributed by atoms with van der Waals surface area (Å²) >= 11 is 0. The molecule has 0 unspecified atom stereocenters. The molecule has 8 aromatic carbocycles. The van der Waals surface area contributed by atoms with Crippen LogP contribution >= 0.6 is 0 Å². The second kappa shape index (κ2) is 13.6. The van der Waals surface area contributed by atoms with Crippen molar-refractivity contribution in [3.05, 3.63) is 206 Å². The molecule has 0 bridgehead atoms. The highest BCUT2D eigenvalue weighted by Crippen LogP contribution is 2.45. The summed E-state index contributed by atoms with van der Waals surface area (Å²) in [6, 6.07) is 68.4. The summed E-state index contributed by atoms with van der Waals surface area (Å²) in [6.07, 6.45) is 8.83. The van der Waals surface area contributed by atoms with E-state index >= 15 is 0 Å². The van der Waals surface area contributed by atoms with E-state index in [9.17, 15) is 0 Å². The predicted octanol–water partition coefficient (Wildman–Crippen LogP) is 14.6. The van der Waals surface area contributed by atoms with Gasteiger partial charge in [-0.1, -0.05) is 152 Å². The highest BCUT2D eigenvalue weighted by molar-refractivity contribution is 6.24. The molecule has 0 aliphatic heterocycles. The minimum Gasteiger partial charge on any atom is -0.312 e. The van der Waals surface area contributed by atoms with Crippen LogP contribution in [-0.4, -0.2) is 4.57 Å². The van der Waals surface area contributed by atoms with Crippen molar-refractivity contribution >= 4 is 55.3 Å². The van der Waals surface area contributed by atoms with Crippen LogP contribution < -0.4 is 4.90 Å². The topological polar surface area (TPSA) is 8.17 Å². The lowest BCUT2D eigenvalue weighted by atomic mass is 9.94. The molecule has 0 spiro atoms. The Hall–Kier alpha value is -6.90. The maximum absolute atomic E-state index is 2.53. The number of anilines is 3. The van der Waals surface area contributed by atoms with E-state index in [4.69, 9.17) is 0 Å². The maximum atomic E-state index is 2.53. The quantitative estimate of drug-likeness (QED) is 0.162. The minimum atomic E-state index is 1.01. The van der Waals surface area contributed by atoms with Crippen LogP contribution in [0.15, 0.2) is 206 Å². The third-order valence-corrected chi connectivity index (χ3v) is 10.8. The van der Waals surface area contributed by atoms with Gasteiger partial charge >= 0.3 is 0 Å². The molecule has 0 saturated heterocycles. The third kappa shape index (κ3) is 5.60. The first-order valence-corrected chi connectivity index (χ1v) is 18.8. The van der Waals surface area contributed by atoms with Crippen molar-refractivity contribution in [3.8, 4) is 33.4 Å². The van der Waals surface area contributed by atoms with Crippen LogP contribution in [0.2, 0.25) is 0 Å². The maximum Gasteiger partial charge on any atom is 0.0622 e. The average Bonchev–Trinajstić information content (AvgIpc) is 3.61. The Morgan fingerprint density at radius 2 is 1.02 bits per heavy atom. The summed E-state index contributed by atoms with van der Waals surface area (Å²) < 4.78 is 2.53. The van der Waals surface area contributed by atoms with Gasteiger partial charge in [0, 0.05) is 38.9 Å². The van der Waals surface area contributed by atoms with Gasteiger partial charge < -0.3 is 9.47 Å². The standard InChI is InChI=1S/C52H38N2/c1-4-15-37(16-5-1)39-27-31-44(32-28-39)53(45-33-29-40(30-34-45)38-17-6-2-7-18-38)46-23-14-20-41(35-46)49-36-42-19-10-11-24-47(42)52-51(49)48-25-12-13-26-50(48)54(52)43-21-8-3-9-22-43/h1-8,10-21,23-36H,9,22H2. The SMILES string of the molecule is C1=CCCC(n2c3ccccc3c3c(-c4cccc(N(c5ccc(-c6ccccc6)cc5)c5ccc(-c6ccccc6)cc5)c4)cc4ccccc4c32)=C1. The second-order valence-corrected chi connectivity index (χ2v) is 14.1. The molecule has 256 valence electrons. The van der Waals surface area contributed by atoms with Crippen molar-refractivity contribution in [2.45, 2.75) is 12.8 Å². The van der Waals surface area contributed by atoms with Crippen LogP contribution in [0, 0.1) is 0 Å². The fraction of sp³-hybridized carbons (Fsp3) is 0.0385. The first kappa shape index (κ1) is 31.8. The lowest BCUT2D eigenvalue weighted by Crippen LogP contribution is -2.10. The predicted molar refractivity (Wildman–Crippen MR) is 231 cm³/mol. The van der Waals surface area contributed by atoms with Gasteiger partial charge in [-0.05, 0) is 106 Å². The van der Waals surface area contributed by atoms with E-state index in [-0.39, 0.29) is 0 Å². The summed E-state index contributed by atoms with van der Waals surface area (Å²) in [4.78, 5) is 2.38. The molecular formula is C52H38N2. The molecule has 1 aromatic heterocycles. The van der Waals surface area contributed by atoms with Crippen molar-refractivity contribution in [1.29, 1.82) is 0 Å². The van der Waals surface area contributed by atoms with Crippen molar-refractivity contribution in [2.24, 2.45) is 0 Å². The van der Waals surface area contributed by atoms with Gasteiger partial charge in [-0.3, -0.25) is 0 Å². The average molecular weight is 691 g/mol. The van der Waals surface area contributed by atoms with Gasteiger partial charge in [0.2, 0.25) is 0 Å². The molecular weight excluding hydrogens is 653 g/mol. The number of allylic oxidation sites excluding steroid dienone is 4. The molecule has 10 rings (SSSR count). The molecule has 0 fully saturated rings. The molecule has 1 heterocycles. The molecule has 0 amide bonds. The second-order valence-electron chi connectivity index (χ2n) is 14.1. The van der Waals surface area contributed by atoms with E-state index in [1.165, 1.54) is 71.7 Å². The lowest BCUT2D eigenvalue weighted by Gasteiger charge is -2.26. The van der Waals surface area contributed by atoms with Crippen LogP contribution in [0.3, 0.4) is 0 Å². The van der Waals surface area contributed by atoms with Crippen LogP contribution in [0.5, 0.6) is 0 Å². The Balaban J connectivity index is 1.17. The van der Waals surface area contributed by atoms with Crippen LogP contribution in [0.4, 0.5) is 17.1 Å². The Bertz CT molecular complexity index is 2760. The number of aromatic nitrogens is 1. The fourth-order valence-electron chi connectivity index (χ4n) is 8.26. The number of benzene rings is 8. The van der Waals surface area contributed by atoms with E-state index in [0.717, 1.165) is 29.9 Å². The van der Waals surface area contributed by atoms with Gasteiger partial charge in [0.15, 0.2) is 0 Å². The summed E-state index contributed by atoms with van der Waals surface area (Å²) in [6.45, 7) is 0. The normalized spacial score (nSPS) is 12.7. The Kier molecular flexibility index (Phi) is 8.00. The highest BCUT2D eigenvalue weighted by Gasteiger charge is 2.21. The summed E-state index contributed by atoms with van der Waals surface area (Å²) in [5, 5.41) is 5.09. The first-order valence-electron chi connectivity index (χ1n) is 18.8. The van der Waals surface area contributed by atoms with E-state index < -0.39 is 0 Å². The number of hydrogen-bond donors (Lipinski definition) is 0. The Morgan fingerprint density at radius 3 is 1.67 bits per heavy atom. The van der Waals surface area contributed by atoms with Crippen molar-refractivity contribution in [2.75, 3.05) is 4.90 Å². The molecule has 0 atom stereocenters. The molecule has 2 heteroatoms. The van der Waals surface area contributed by atoms with Crippen molar-refractivity contribution in [1.82, 2.24) is 4.57 Å². The first-order chi connectivity index (χ1) is 26.8. The monoisotopic (exact) mass is 690 g/mol. The Morgan fingerprint density at radius 1 is 0.444 bits per heavy atom. The molecule has 1 aliphatic rings. The number of rotatable bonds is 7. The largest absolute Gasteiger partial charge is 0.312 e. The van der Waals surface area contributed by atoms with E-state index in [0.29, 0.717) is 0 Å². The summed E-state index contributed by atoms with van der Waals surface area (Å²) in [5.74, 6) is 0.